The SMILES string of the molecule is CO[C@@H](C)c1nc(CNC2(C(N)=O)CCCCC2)cs1. The highest BCUT2D eigenvalue weighted by molar-refractivity contribution is 7.09. The van der Waals surface area contributed by atoms with E-state index in [-0.39, 0.29) is 12.0 Å². The van der Waals surface area contributed by atoms with Crippen molar-refractivity contribution in [3.8, 4) is 0 Å². The molecule has 1 aromatic heterocycles. The Morgan fingerprint density at radius 2 is 2.25 bits per heavy atom. The van der Waals surface area contributed by atoms with Gasteiger partial charge in [-0.15, -0.1) is 11.3 Å². The zero-order chi connectivity index (χ0) is 14.6. The maximum Gasteiger partial charge on any atom is 0.237 e. The van der Waals surface area contributed by atoms with Crippen LogP contribution in [0, 0.1) is 0 Å². The normalized spacial score (nSPS) is 19.7. The van der Waals surface area contributed by atoms with Crippen molar-refractivity contribution < 1.29 is 9.53 Å². The van der Waals surface area contributed by atoms with E-state index in [4.69, 9.17) is 10.5 Å². The Bertz CT molecular complexity index is 455. The molecule has 3 N–H and O–H groups in total. The summed E-state index contributed by atoms with van der Waals surface area (Å²) in [7, 11) is 1.67. The zero-order valence-corrected chi connectivity index (χ0v) is 13.0. The van der Waals surface area contributed by atoms with Crippen LogP contribution in [0.15, 0.2) is 5.38 Å². The van der Waals surface area contributed by atoms with E-state index in [1.54, 1.807) is 18.4 Å². The fraction of sp³-hybridized carbons (Fsp3) is 0.714. The summed E-state index contributed by atoms with van der Waals surface area (Å²) in [6.45, 7) is 2.55. The molecule has 1 aliphatic rings. The largest absolute Gasteiger partial charge is 0.375 e. The first-order valence-electron chi connectivity index (χ1n) is 7.09. The molecule has 0 radical (unpaired) electrons. The average molecular weight is 297 g/mol. The van der Waals surface area contributed by atoms with Crippen LogP contribution in [-0.2, 0) is 16.1 Å². The van der Waals surface area contributed by atoms with Crippen molar-refractivity contribution in [2.24, 2.45) is 5.73 Å². The Kier molecular flexibility index (Phi) is 5.12. The van der Waals surface area contributed by atoms with Gasteiger partial charge in [0.1, 0.15) is 11.1 Å². The van der Waals surface area contributed by atoms with E-state index in [0.29, 0.717) is 6.54 Å². The molecule has 1 amide bonds. The Morgan fingerprint density at radius 3 is 2.85 bits per heavy atom. The van der Waals surface area contributed by atoms with Gasteiger partial charge in [0.2, 0.25) is 5.91 Å². The summed E-state index contributed by atoms with van der Waals surface area (Å²) in [6.07, 6.45) is 4.95. The average Bonchev–Trinajstić information content (AvgIpc) is 2.94. The summed E-state index contributed by atoms with van der Waals surface area (Å²) < 4.78 is 5.26. The number of thiazole rings is 1. The molecule has 5 nitrogen and oxygen atoms in total. The van der Waals surface area contributed by atoms with Crippen LogP contribution in [0.2, 0.25) is 0 Å². The number of hydrogen-bond acceptors (Lipinski definition) is 5. The molecule has 0 aromatic carbocycles. The van der Waals surface area contributed by atoms with Crippen LogP contribution in [0.1, 0.15) is 55.8 Å². The minimum atomic E-state index is -0.547. The molecule has 0 spiro atoms. The van der Waals surface area contributed by atoms with E-state index in [1.807, 2.05) is 12.3 Å². The van der Waals surface area contributed by atoms with Gasteiger partial charge < -0.3 is 10.5 Å². The third-order valence-electron chi connectivity index (χ3n) is 4.06. The quantitative estimate of drug-likeness (QED) is 0.843. The van der Waals surface area contributed by atoms with Gasteiger partial charge in [-0.05, 0) is 19.8 Å². The van der Waals surface area contributed by atoms with E-state index >= 15 is 0 Å². The van der Waals surface area contributed by atoms with Crippen LogP contribution in [0.3, 0.4) is 0 Å². The minimum absolute atomic E-state index is 0.00790. The molecule has 6 heteroatoms. The maximum absolute atomic E-state index is 11.8. The van der Waals surface area contributed by atoms with E-state index < -0.39 is 5.54 Å². The second-order valence-corrected chi connectivity index (χ2v) is 6.31. The fourth-order valence-corrected chi connectivity index (χ4v) is 3.47. The number of nitrogens with two attached hydrogens (primary N) is 1. The van der Waals surface area contributed by atoms with Crippen LogP contribution >= 0.6 is 11.3 Å². The van der Waals surface area contributed by atoms with Crippen molar-refractivity contribution in [2.75, 3.05) is 7.11 Å². The van der Waals surface area contributed by atoms with Gasteiger partial charge in [0.15, 0.2) is 0 Å². The lowest BCUT2D eigenvalue weighted by Crippen LogP contribution is -2.56. The van der Waals surface area contributed by atoms with Crippen molar-refractivity contribution >= 4 is 17.2 Å². The molecule has 1 atom stereocenters. The number of amides is 1. The molecule has 0 bridgehead atoms. The molecule has 2 rings (SSSR count). The minimum Gasteiger partial charge on any atom is -0.375 e. The summed E-state index contributed by atoms with van der Waals surface area (Å²) in [4.78, 5) is 16.3. The van der Waals surface area contributed by atoms with Crippen LogP contribution < -0.4 is 11.1 Å². The molecular formula is C14H23N3O2S. The lowest BCUT2D eigenvalue weighted by Gasteiger charge is -2.35. The van der Waals surface area contributed by atoms with E-state index in [9.17, 15) is 4.79 Å². The third-order valence-corrected chi connectivity index (χ3v) is 5.11. The van der Waals surface area contributed by atoms with Gasteiger partial charge in [-0.3, -0.25) is 10.1 Å². The summed E-state index contributed by atoms with van der Waals surface area (Å²) in [6, 6.07) is 0. The summed E-state index contributed by atoms with van der Waals surface area (Å²) in [5.41, 5.74) is 6.00. The number of methoxy groups -OCH3 is 1. The first-order chi connectivity index (χ1) is 9.57. The second kappa shape index (κ2) is 6.65. The van der Waals surface area contributed by atoms with Gasteiger partial charge in [-0.2, -0.15) is 0 Å². The molecular weight excluding hydrogens is 274 g/mol. The number of primary amides is 1. The predicted octanol–water partition coefficient (Wildman–Crippen LogP) is 2.13. The standard InChI is InChI=1S/C14H23N3O2S/c1-10(19-2)12-17-11(9-20-12)8-16-14(13(15)18)6-4-3-5-7-14/h9-10,16H,3-8H2,1-2H3,(H2,15,18)/t10-/m0/s1. The van der Waals surface area contributed by atoms with E-state index in [1.165, 1.54) is 6.42 Å². The van der Waals surface area contributed by atoms with Crippen LogP contribution in [-0.4, -0.2) is 23.5 Å². The van der Waals surface area contributed by atoms with Crippen molar-refractivity contribution in [1.82, 2.24) is 10.3 Å². The number of ether oxygens (including phenoxy) is 1. The van der Waals surface area contributed by atoms with Crippen molar-refractivity contribution in [2.45, 2.75) is 57.2 Å². The highest BCUT2D eigenvalue weighted by Gasteiger charge is 2.37. The van der Waals surface area contributed by atoms with Gasteiger partial charge in [0, 0.05) is 19.0 Å². The number of rotatable bonds is 6. The molecule has 0 aliphatic heterocycles. The summed E-state index contributed by atoms with van der Waals surface area (Å²) in [5, 5.41) is 6.32. The van der Waals surface area contributed by atoms with Gasteiger partial charge >= 0.3 is 0 Å². The summed E-state index contributed by atoms with van der Waals surface area (Å²) in [5.74, 6) is -0.238. The monoisotopic (exact) mass is 297 g/mol. The Morgan fingerprint density at radius 1 is 1.55 bits per heavy atom. The molecule has 1 saturated carbocycles. The van der Waals surface area contributed by atoms with Crippen molar-refractivity contribution in [1.29, 1.82) is 0 Å². The zero-order valence-electron chi connectivity index (χ0n) is 12.1. The second-order valence-electron chi connectivity index (χ2n) is 5.42. The van der Waals surface area contributed by atoms with Gasteiger partial charge in [0.25, 0.3) is 0 Å². The lowest BCUT2D eigenvalue weighted by atomic mass is 9.81. The number of nitrogens with one attached hydrogen (secondary N) is 1. The van der Waals surface area contributed by atoms with Crippen LogP contribution in [0.25, 0.3) is 0 Å². The smallest absolute Gasteiger partial charge is 0.237 e. The molecule has 1 aromatic rings. The molecule has 0 saturated heterocycles. The summed E-state index contributed by atoms with van der Waals surface area (Å²) >= 11 is 1.58. The van der Waals surface area contributed by atoms with Gasteiger partial charge in [-0.25, -0.2) is 4.98 Å². The maximum atomic E-state index is 11.8. The Labute approximate surface area is 123 Å². The molecule has 112 valence electrons. The Hall–Kier alpha value is -0.980. The molecule has 1 fully saturated rings. The van der Waals surface area contributed by atoms with E-state index in [2.05, 4.69) is 10.3 Å². The highest BCUT2D eigenvalue weighted by atomic mass is 32.1. The van der Waals surface area contributed by atoms with E-state index in [0.717, 1.165) is 36.4 Å². The number of carbonyl (C=O) groups is 1. The first kappa shape index (κ1) is 15.4. The highest BCUT2D eigenvalue weighted by Crippen LogP contribution is 2.28. The fourth-order valence-electron chi connectivity index (χ4n) is 2.62. The molecule has 1 aliphatic carbocycles. The van der Waals surface area contributed by atoms with Crippen molar-refractivity contribution in [3.63, 3.8) is 0 Å². The lowest BCUT2D eigenvalue weighted by molar-refractivity contribution is -0.125. The Balaban J connectivity index is 1.99. The molecule has 0 unspecified atom stereocenters. The number of nitrogens with zero attached hydrogens (tertiary/aromatic N) is 1. The van der Waals surface area contributed by atoms with Crippen LogP contribution in [0.4, 0.5) is 0 Å². The topological polar surface area (TPSA) is 77.2 Å². The first-order valence-corrected chi connectivity index (χ1v) is 7.97. The van der Waals surface area contributed by atoms with Crippen molar-refractivity contribution in [3.05, 3.63) is 16.1 Å². The van der Waals surface area contributed by atoms with Gasteiger partial charge in [-0.1, -0.05) is 19.3 Å². The molecule has 1 heterocycles. The third kappa shape index (κ3) is 3.37. The van der Waals surface area contributed by atoms with Crippen LogP contribution in [0.5, 0.6) is 0 Å². The van der Waals surface area contributed by atoms with Gasteiger partial charge in [0.05, 0.1) is 11.2 Å². The number of hydrogen-bond donors (Lipinski definition) is 2. The number of aromatic nitrogens is 1. The number of carbonyl (C=O) groups excluding carboxylic acids is 1. The predicted molar refractivity (Wildman–Crippen MR) is 79.4 cm³/mol. The molecule has 20 heavy (non-hydrogen) atoms.